The van der Waals surface area contributed by atoms with Gasteiger partial charge in [0.1, 0.15) is 23.6 Å². The van der Waals surface area contributed by atoms with Gasteiger partial charge in [-0.1, -0.05) is 27.7 Å². The smallest absolute Gasteiger partial charge is 0.240 e. The Bertz CT molecular complexity index is 1720. The predicted octanol–water partition coefficient (Wildman–Crippen LogP) is 6.88. The van der Waals surface area contributed by atoms with Crippen molar-refractivity contribution in [1.82, 2.24) is 9.88 Å². The van der Waals surface area contributed by atoms with Gasteiger partial charge in [-0.25, -0.2) is 8.78 Å². The molecular weight excluding hydrogens is 594 g/mol. The maximum Gasteiger partial charge on any atom is 0.240 e. The summed E-state index contributed by atoms with van der Waals surface area (Å²) in [5.74, 6) is -1.41. The van der Waals surface area contributed by atoms with Crippen LogP contribution >= 0.6 is 0 Å². The number of pyridine rings is 1. The molecule has 0 bridgehead atoms. The Morgan fingerprint density at radius 1 is 0.848 bits per heavy atom. The van der Waals surface area contributed by atoms with E-state index in [4.69, 9.17) is 14.2 Å². The number of nitrogens with one attached hydrogen (secondary N) is 2. The van der Waals surface area contributed by atoms with Crippen LogP contribution in [0.5, 0.6) is 23.0 Å². The third-order valence-electron chi connectivity index (χ3n) is 8.89. The molecule has 0 spiro atoms. The van der Waals surface area contributed by atoms with E-state index >= 15 is 4.39 Å². The van der Waals surface area contributed by atoms with E-state index in [1.807, 2.05) is 0 Å². The summed E-state index contributed by atoms with van der Waals surface area (Å²) in [5, 5.41) is 6.00. The van der Waals surface area contributed by atoms with Crippen LogP contribution in [0.15, 0.2) is 66.9 Å². The molecule has 1 unspecified atom stereocenters. The minimum atomic E-state index is -1.36. The van der Waals surface area contributed by atoms with Gasteiger partial charge in [0.25, 0.3) is 0 Å². The third-order valence-corrected chi connectivity index (χ3v) is 8.89. The van der Waals surface area contributed by atoms with E-state index in [1.165, 1.54) is 36.4 Å². The topological polar surface area (TPSA) is 102 Å². The van der Waals surface area contributed by atoms with Crippen LogP contribution in [0.25, 0.3) is 10.9 Å². The van der Waals surface area contributed by atoms with Crippen molar-refractivity contribution in [3.63, 3.8) is 0 Å². The number of fused-ring (bicyclic) bond motifs is 1. The van der Waals surface area contributed by atoms with E-state index in [0.29, 0.717) is 40.4 Å². The van der Waals surface area contributed by atoms with E-state index in [-0.39, 0.29) is 23.3 Å². The first-order valence-corrected chi connectivity index (χ1v) is 15.3. The molecule has 46 heavy (non-hydrogen) atoms. The third kappa shape index (κ3) is 6.46. The highest BCUT2D eigenvalue weighted by molar-refractivity contribution is 6.17. The van der Waals surface area contributed by atoms with Gasteiger partial charge in [-0.05, 0) is 73.5 Å². The Kier molecular flexibility index (Phi) is 9.71. The quantitative estimate of drug-likeness (QED) is 0.155. The average molecular weight is 633 g/mol. The Hall–Kier alpha value is -4.77. The summed E-state index contributed by atoms with van der Waals surface area (Å²) in [5.41, 5.74) is -0.235. The number of carbonyl (C=O) groups is 2. The molecule has 2 amide bonds. The zero-order valence-electron chi connectivity index (χ0n) is 26.5. The predicted molar refractivity (Wildman–Crippen MR) is 172 cm³/mol. The number of aromatic nitrogens is 1. The molecule has 1 heterocycles. The first-order chi connectivity index (χ1) is 22.1. The van der Waals surface area contributed by atoms with Crippen molar-refractivity contribution in [2.75, 3.05) is 44.0 Å². The summed E-state index contributed by atoms with van der Waals surface area (Å²) in [6.07, 6.45) is 1.56. The Morgan fingerprint density at radius 3 is 2.11 bits per heavy atom. The highest BCUT2D eigenvalue weighted by Gasteiger charge is 2.69. The molecule has 0 aliphatic heterocycles. The van der Waals surface area contributed by atoms with Gasteiger partial charge < -0.3 is 29.7 Å². The first kappa shape index (κ1) is 32.6. The van der Waals surface area contributed by atoms with Crippen molar-refractivity contribution in [3.8, 4) is 23.0 Å². The molecule has 3 atom stereocenters. The van der Waals surface area contributed by atoms with E-state index in [2.05, 4.69) is 34.4 Å². The molecule has 11 heteroatoms. The number of carbonyl (C=O) groups excluding carboxylic acids is 2. The van der Waals surface area contributed by atoms with Crippen LogP contribution in [0.3, 0.4) is 0 Å². The van der Waals surface area contributed by atoms with Gasteiger partial charge >= 0.3 is 0 Å². The summed E-state index contributed by atoms with van der Waals surface area (Å²) < 4.78 is 46.2. The summed E-state index contributed by atoms with van der Waals surface area (Å²) in [6.45, 7) is 10.9. The highest BCUT2D eigenvalue weighted by atomic mass is 19.1. The first-order valence-electron chi connectivity index (χ1n) is 15.3. The van der Waals surface area contributed by atoms with E-state index in [1.54, 1.807) is 45.4 Å². The number of hydrogen-bond acceptors (Lipinski definition) is 7. The number of likely N-dealkylation sites (N-methyl/N-ethyl adjacent to an activating group) is 1. The summed E-state index contributed by atoms with van der Waals surface area (Å²) in [7, 11) is 1.54. The second-order valence-corrected chi connectivity index (χ2v) is 11.3. The Balaban J connectivity index is 1.30. The molecule has 242 valence electrons. The van der Waals surface area contributed by atoms with Gasteiger partial charge in [-0.3, -0.25) is 14.6 Å². The molecular formula is C35H38F2N4O5. The number of nitrogens with zero attached hydrogens (tertiary/aromatic N) is 2. The number of amides is 2. The van der Waals surface area contributed by atoms with E-state index in [9.17, 15) is 14.0 Å². The molecule has 1 saturated carbocycles. The monoisotopic (exact) mass is 632 g/mol. The van der Waals surface area contributed by atoms with Crippen LogP contribution in [0, 0.1) is 28.9 Å². The molecule has 9 nitrogen and oxygen atoms in total. The van der Waals surface area contributed by atoms with Gasteiger partial charge in [0.2, 0.25) is 11.8 Å². The zero-order valence-corrected chi connectivity index (χ0v) is 26.5. The normalized spacial score (nSPS) is 18.7. The lowest BCUT2D eigenvalue weighted by Crippen LogP contribution is -2.38. The molecule has 1 fully saturated rings. The molecule has 1 aliphatic carbocycles. The molecule has 1 aromatic heterocycles. The second-order valence-electron chi connectivity index (χ2n) is 11.3. The fourth-order valence-corrected chi connectivity index (χ4v) is 5.80. The van der Waals surface area contributed by atoms with Crippen molar-refractivity contribution in [1.29, 1.82) is 0 Å². The second kappa shape index (κ2) is 13.7. The maximum absolute atomic E-state index is 15.4. The standard InChI is InChI=1S/C35H38F2N4O5/c1-6-41(7-2)16-17-45-32-20-28-26(19-31(32)44-5)29(14-15-38-28)46-30-13-12-25(18-27(30)37)40-34(43)35(21(3)22(35)4)33(42)39-24-10-8-23(36)9-11-24/h8-15,18-22H,6-7,16-17H2,1-5H3,(H,39,42)(H,40,43)/t21-,22+,35?. The van der Waals surface area contributed by atoms with Gasteiger partial charge in [-0.15, -0.1) is 0 Å². The minimum Gasteiger partial charge on any atom is -0.493 e. The van der Waals surface area contributed by atoms with E-state index < -0.39 is 28.9 Å². The number of benzene rings is 3. The summed E-state index contributed by atoms with van der Waals surface area (Å²) >= 11 is 0. The van der Waals surface area contributed by atoms with Crippen LogP contribution < -0.4 is 24.8 Å². The molecule has 0 radical (unpaired) electrons. The highest BCUT2D eigenvalue weighted by Crippen LogP contribution is 2.59. The van der Waals surface area contributed by atoms with Gasteiger partial charge in [0.15, 0.2) is 23.1 Å². The average Bonchev–Trinajstić information content (AvgIpc) is 3.61. The molecule has 1 aliphatic rings. The summed E-state index contributed by atoms with van der Waals surface area (Å²) in [6, 6.07) is 14.5. The number of anilines is 2. The molecule has 0 saturated heterocycles. The lowest BCUT2D eigenvalue weighted by molar-refractivity contribution is -0.132. The lowest BCUT2D eigenvalue weighted by atomic mass is 9.99. The van der Waals surface area contributed by atoms with Crippen LogP contribution in [0.4, 0.5) is 20.2 Å². The van der Waals surface area contributed by atoms with Crippen LogP contribution in [0.2, 0.25) is 0 Å². The maximum atomic E-state index is 15.4. The lowest BCUT2D eigenvalue weighted by Gasteiger charge is -2.19. The van der Waals surface area contributed by atoms with Crippen LogP contribution in [0.1, 0.15) is 27.7 Å². The van der Waals surface area contributed by atoms with Crippen molar-refractivity contribution < 1.29 is 32.6 Å². The van der Waals surface area contributed by atoms with Gasteiger partial charge in [0.05, 0.1) is 12.6 Å². The van der Waals surface area contributed by atoms with Crippen molar-refractivity contribution in [2.24, 2.45) is 17.3 Å². The van der Waals surface area contributed by atoms with Crippen LogP contribution in [-0.2, 0) is 9.59 Å². The number of hydrogen-bond donors (Lipinski definition) is 2. The summed E-state index contributed by atoms with van der Waals surface area (Å²) in [4.78, 5) is 33.4. The van der Waals surface area contributed by atoms with Gasteiger partial charge in [-0.2, -0.15) is 0 Å². The number of halogens is 2. The SMILES string of the molecule is CCN(CC)CCOc1cc2nccc(Oc3ccc(NC(=O)C4(C(=O)Nc5ccc(F)cc5)[C@H](C)[C@@H]4C)cc3F)c2cc1OC. The molecule has 3 aromatic carbocycles. The molecule has 5 rings (SSSR count). The fourth-order valence-electron chi connectivity index (χ4n) is 5.80. The number of ether oxygens (including phenoxy) is 3. The Labute approximate surface area is 266 Å². The molecule has 2 N–H and O–H groups in total. The fraction of sp³-hybridized carbons (Fsp3) is 0.343. The van der Waals surface area contributed by atoms with Crippen LogP contribution in [-0.4, -0.2) is 55.0 Å². The number of methoxy groups -OCH3 is 1. The number of rotatable bonds is 13. The van der Waals surface area contributed by atoms with Crippen molar-refractivity contribution >= 4 is 34.1 Å². The zero-order chi connectivity index (χ0) is 33.0. The van der Waals surface area contributed by atoms with Gasteiger partial charge in [0, 0.05) is 41.6 Å². The van der Waals surface area contributed by atoms with E-state index in [0.717, 1.165) is 25.7 Å². The minimum absolute atomic E-state index is 0.0686. The largest absolute Gasteiger partial charge is 0.493 e. The van der Waals surface area contributed by atoms with Crippen molar-refractivity contribution in [3.05, 3.63) is 78.5 Å². The van der Waals surface area contributed by atoms with Crippen molar-refractivity contribution in [2.45, 2.75) is 27.7 Å². The Morgan fingerprint density at radius 2 is 1.50 bits per heavy atom. The molecule has 4 aromatic rings.